The van der Waals surface area contributed by atoms with E-state index in [2.05, 4.69) is 0 Å². The molecule has 3 rings (SSSR count). The zero-order valence-corrected chi connectivity index (χ0v) is 11.4. The van der Waals surface area contributed by atoms with E-state index in [0.717, 1.165) is 5.56 Å². The summed E-state index contributed by atoms with van der Waals surface area (Å²) in [6.45, 7) is 0.460. The molecule has 1 saturated heterocycles. The Morgan fingerprint density at radius 2 is 1.95 bits per heavy atom. The second kappa shape index (κ2) is 4.93. The van der Waals surface area contributed by atoms with Gasteiger partial charge in [-0.1, -0.05) is 30.3 Å². The minimum absolute atomic E-state index is 0.145. The van der Waals surface area contributed by atoms with Crippen molar-refractivity contribution in [2.24, 2.45) is 11.3 Å². The van der Waals surface area contributed by atoms with Crippen molar-refractivity contribution in [2.45, 2.75) is 25.6 Å². The third kappa shape index (κ3) is 2.59. The van der Waals surface area contributed by atoms with Crippen LogP contribution in [-0.4, -0.2) is 30.3 Å². The van der Waals surface area contributed by atoms with Crippen LogP contribution in [0.1, 0.15) is 18.4 Å². The smallest absolute Gasteiger partial charge is 0.410 e. The SMILES string of the molecule is O=C(OCc1ccccc1)N1CC2(CCC2C(F)(F)F)C1. The molecule has 2 fully saturated rings. The Morgan fingerprint density at radius 3 is 2.48 bits per heavy atom. The number of likely N-dealkylation sites (tertiary alicyclic amines) is 1. The van der Waals surface area contributed by atoms with Gasteiger partial charge in [0.2, 0.25) is 0 Å². The Kier molecular flexibility index (Phi) is 3.34. The van der Waals surface area contributed by atoms with Crippen LogP contribution in [0.4, 0.5) is 18.0 Å². The van der Waals surface area contributed by atoms with Crippen molar-refractivity contribution >= 4 is 6.09 Å². The van der Waals surface area contributed by atoms with E-state index in [-0.39, 0.29) is 26.1 Å². The number of carbonyl (C=O) groups is 1. The van der Waals surface area contributed by atoms with E-state index in [0.29, 0.717) is 6.42 Å². The maximum atomic E-state index is 12.8. The molecule has 0 aromatic heterocycles. The van der Waals surface area contributed by atoms with Crippen molar-refractivity contribution in [2.75, 3.05) is 13.1 Å². The number of amides is 1. The van der Waals surface area contributed by atoms with Crippen LogP contribution in [0.15, 0.2) is 30.3 Å². The number of hydrogen-bond acceptors (Lipinski definition) is 2. The minimum atomic E-state index is -4.15. The van der Waals surface area contributed by atoms with E-state index < -0.39 is 23.6 Å². The van der Waals surface area contributed by atoms with Gasteiger partial charge in [0.25, 0.3) is 0 Å². The lowest BCUT2D eigenvalue weighted by Crippen LogP contribution is -2.68. The highest BCUT2D eigenvalue weighted by Gasteiger charge is 2.65. The van der Waals surface area contributed by atoms with Crippen molar-refractivity contribution in [1.29, 1.82) is 0 Å². The number of carbonyl (C=O) groups excluding carboxylic acids is 1. The number of halogens is 3. The first kappa shape index (κ1) is 14.2. The molecule has 1 spiro atoms. The first-order chi connectivity index (χ1) is 9.91. The van der Waals surface area contributed by atoms with Gasteiger partial charge in [0.15, 0.2) is 0 Å². The zero-order chi connectivity index (χ0) is 15.1. The Hall–Kier alpha value is -1.72. The van der Waals surface area contributed by atoms with Gasteiger partial charge in [0.05, 0.1) is 5.92 Å². The first-order valence-corrected chi connectivity index (χ1v) is 6.93. The number of nitrogens with zero attached hydrogens (tertiary/aromatic N) is 1. The molecular formula is C15H16F3NO2. The Balaban J connectivity index is 1.49. The molecule has 0 N–H and O–H groups in total. The largest absolute Gasteiger partial charge is 0.445 e. The van der Waals surface area contributed by atoms with Crippen molar-refractivity contribution in [1.82, 2.24) is 4.90 Å². The average Bonchev–Trinajstić information content (AvgIpc) is 2.33. The van der Waals surface area contributed by atoms with Gasteiger partial charge in [0.1, 0.15) is 6.61 Å². The molecule has 3 nitrogen and oxygen atoms in total. The minimum Gasteiger partial charge on any atom is -0.445 e. The van der Waals surface area contributed by atoms with Crippen LogP contribution in [0.2, 0.25) is 0 Å². The predicted molar refractivity (Wildman–Crippen MR) is 69.4 cm³/mol. The van der Waals surface area contributed by atoms with Crippen LogP contribution in [-0.2, 0) is 11.3 Å². The van der Waals surface area contributed by atoms with Gasteiger partial charge >= 0.3 is 12.3 Å². The summed E-state index contributed by atoms with van der Waals surface area (Å²) in [6.07, 6.45) is -3.97. The fourth-order valence-electron chi connectivity index (χ4n) is 3.24. The third-order valence-corrected chi connectivity index (χ3v) is 4.54. The zero-order valence-electron chi connectivity index (χ0n) is 11.4. The van der Waals surface area contributed by atoms with Crippen molar-refractivity contribution in [3.63, 3.8) is 0 Å². The molecule has 1 amide bonds. The summed E-state index contributed by atoms with van der Waals surface area (Å²) < 4.78 is 43.5. The molecule has 0 radical (unpaired) electrons. The molecule has 114 valence electrons. The fraction of sp³-hybridized carbons (Fsp3) is 0.533. The fourth-order valence-corrected chi connectivity index (χ4v) is 3.24. The van der Waals surface area contributed by atoms with Crippen LogP contribution < -0.4 is 0 Å². The van der Waals surface area contributed by atoms with Gasteiger partial charge in [-0.3, -0.25) is 0 Å². The average molecular weight is 299 g/mol. The van der Waals surface area contributed by atoms with E-state index in [9.17, 15) is 18.0 Å². The molecule has 1 saturated carbocycles. The Morgan fingerprint density at radius 1 is 1.29 bits per heavy atom. The summed E-state index contributed by atoms with van der Waals surface area (Å²) in [5, 5.41) is 0. The molecule has 1 aromatic carbocycles. The second-order valence-corrected chi connectivity index (χ2v) is 5.89. The summed E-state index contributed by atoms with van der Waals surface area (Å²) >= 11 is 0. The topological polar surface area (TPSA) is 29.5 Å². The Bertz CT molecular complexity index is 523. The molecule has 1 aromatic rings. The monoisotopic (exact) mass is 299 g/mol. The van der Waals surface area contributed by atoms with Gasteiger partial charge in [-0.25, -0.2) is 4.79 Å². The standard InChI is InChI=1S/C15H16F3NO2/c16-15(17,18)12-6-7-14(12)9-19(10-14)13(20)21-8-11-4-2-1-3-5-11/h1-5,12H,6-10H2. The Labute approximate surface area is 120 Å². The molecule has 6 heteroatoms. The van der Waals surface area contributed by atoms with Crippen LogP contribution in [0.5, 0.6) is 0 Å². The van der Waals surface area contributed by atoms with E-state index in [1.807, 2.05) is 30.3 Å². The normalized spacial score (nSPS) is 23.4. The summed E-state index contributed by atoms with van der Waals surface area (Å²) in [5.74, 6) is -1.26. The lowest BCUT2D eigenvalue weighted by molar-refractivity contribution is -0.266. The number of rotatable bonds is 2. The molecule has 21 heavy (non-hydrogen) atoms. The highest BCUT2D eigenvalue weighted by Crippen LogP contribution is 2.58. The quantitative estimate of drug-likeness (QED) is 0.835. The van der Waals surface area contributed by atoms with E-state index in [4.69, 9.17) is 4.74 Å². The van der Waals surface area contributed by atoms with Crippen molar-refractivity contribution in [3.05, 3.63) is 35.9 Å². The summed E-state index contributed by atoms with van der Waals surface area (Å²) in [5.41, 5.74) is 0.113. The number of benzene rings is 1. The summed E-state index contributed by atoms with van der Waals surface area (Å²) in [4.78, 5) is 13.2. The van der Waals surface area contributed by atoms with Crippen LogP contribution in [0.3, 0.4) is 0 Å². The lowest BCUT2D eigenvalue weighted by atomic mass is 9.55. The van der Waals surface area contributed by atoms with Gasteiger partial charge in [-0.05, 0) is 18.4 Å². The second-order valence-electron chi connectivity index (χ2n) is 5.89. The molecule has 1 aliphatic carbocycles. The first-order valence-electron chi connectivity index (χ1n) is 6.93. The van der Waals surface area contributed by atoms with Crippen LogP contribution >= 0.6 is 0 Å². The summed E-state index contributed by atoms with van der Waals surface area (Å²) in [7, 11) is 0. The molecule has 1 heterocycles. The van der Waals surface area contributed by atoms with Gasteiger partial charge in [-0.15, -0.1) is 0 Å². The molecule has 2 aliphatic rings. The molecule has 1 unspecified atom stereocenters. The molecule has 1 atom stereocenters. The highest BCUT2D eigenvalue weighted by atomic mass is 19.4. The van der Waals surface area contributed by atoms with Crippen LogP contribution in [0.25, 0.3) is 0 Å². The molecule has 1 aliphatic heterocycles. The van der Waals surface area contributed by atoms with Gasteiger partial charge in [-0.2, -0.15) is 13.2 Å². The molecule has 0 bridgehead atoms. The van der Waals surface area contributed by atoms with E-state index in [1.54, 1.807) is 0 Å². The van der Waals surface area contributed by atoms with E-state index >= 15 is 0 Å². The maximum absolute atomic E-state index is 12.8. The lowest BCUT2D eigenvalue weighted by Gasteiger charge is -2.60. The third-order valence-electron chi connectivity index (χ3n) is 4.54. The summed E-state index contributed by atoms with van der Waals surface area (Å²) in [6, 6.07) is 9.19. The van der Waals surface area contributed by atoms with E-state index in [1.165, 1.54) is 4.90 Å². The van der Waals surface area contributed by atoms with Gasteiger partial charge < -0.3 is 9.64 Å². The molecular weight excluding hydrogens is 283 g/mol. The number of ether oxygens (including phenoxy) is 1. The van der Waals surface area contributed by atoms with Gasteiger partial charge in [0, 0.05) is 18.5 Å². The van der Waals surface area contributed by atoms with Crippen LogP contribution in [0, 0.1) is 11.3 Å². The number of alkyl halides is 3. The predicted octanol–water partition coefficient (Wildman–Crippen LogP) is 3.60. The van der Waals surface area contributed by atoms with Crippen molar-refractivity contribution < 1.29 is 22.7 Å². The highest BCUT2D eigenvalue weighted by molar-refractivity contribution is 5.69. The maximum Gasteiger partial charge on any atom is 0.410 e. The van der Waals surface area contributed by atoms with Crippen molar-refractivity contribution in [3.8, 4) is 0 Å². The number of hydrogen-bond donors (Lipinski definition) is 0.